The Morgan fingerprint density at radius 3 is 2.90 bits per heavy atom. The molecule has 1 aliphatic rings. The Morgan fingerprint density at radius 1 is 1.50 bits per heavy atom. The summed E-state index contributed by atoms with van der Waals surface area (Å²) in [4.78, 5) is 14.4. The van der Waals surface area contributed by atoms with E-state index in [9.17, 15) is 4.79 Å². The first kappa shape index (κ1) is 14.9. The number of rotatable bonds is 4. The average Bonchev–Trinajstić information content (AvgIpc) is 2.51. The van der Waals surface area contributed by atoms with Gasteiger partial charge in [-0.25, -0.2) is 0 Å². The third-order valence-corrected chi connectivity index (χ3v) is 4.21. The Kier molecular flexibility index (Phi) is 4.65. The highest BCUT2D eigenvalue weighted by Gasteiger charge is 2.29. The second kappa shape index (κ2) is 6.27. The summed E-state index contributed by atoms with van der Waals surface area (Å²) < 4.78 is 5.25. The molecule has 0 aromatic heterocycles. The summed E-state index contributed by atoms with van der Waals surface area (Å²) in [5.74, 6) is 1.07. The second-order valence-electron chi connectivity index (χ2n) is 5.50. The molecule has 1 aromatic rings. The van der Waals surface area contributed by atoms with Crippen molar-refractivity contribution in [2.75, 3.05) is 18.6 Å². The molecule has 0 radical (unpaired) electrons. The zero-order chi connectivity index (χ0) is 14.7. The normalized spacial score (nSPS) is 17.3. The largest absolute Gasteiger partial charge is 0.497 e. The first-order valence-electron chi connectivity index (χ1n) is 7.32. The quantitative estimate of drug-likeness (QED) is 0.918. The van der Waals surface area contributed by atoms with Crippen LogP contribution in [0.4, 0.5) is 5.69 Å². The molecule has 0 saturated heterocycles. The van der Waals surface area contributed by atoms with Crippen molar-refractivity contribution < 1.29 is 9.53 Å². The van der Waals surface area contributed by atoms with Crippen molar-refractivity contribution in [1.82, 2.24) is 0 Å². The lowest BCUT2D eigenvalue weighted by Crippen LogP contribution is -2.48. The van der Waals surface area contributed by atoms with Crippen LogP contribution in [0.2, 0.25) is 0 Å². The van der Waals surface area contributed by atoms with Crippen molar-refractivity contribution in [3.8, 4) is 5.75 Å². The molecular weight excluding hydrogens is 252 g/mol. The van der Waals surface area contributed by atoms with Gasteiger partial charge in [0.05, 0.1) is 13.2 Å². The number of aryl methyl sites for hydroxylation is 1. The van der Waals surface area contributed by atoms with Gasteiger partial charge in [0.25, 0.3) is 0 Å². The van der Waals surface area contributed by atoms with Gasteiger partial charge in [0, 0.05) is 12.2 Å². The summed E-state index contributed by atoms with van der Waals surface area (Å²) in [5, 5.41) is 0. The number of benzene rings is 1. The molecule has 1 heterocycles. The molecule has 110 valence electrons. The number of anilines is 1. The number of carbonyl (C=O) groups is 1. The van der Waals surface area contributed by atoms with Gasteiger partial charge in [-0.05, 0) is 42.5 Å². The lowest BCUT2D eigenvalue weighted by atomic mass is 9.96. The Balaban J connectivity index is 2.26. The molecule has 0 bridgehead atoms. The van der Waals surface area contributed by atoms with Crippen LogP contribution in [0.1, 0.15) is 32.3 Å². The highest BCUT2D eigenvalue weighted by atomic mass is 16.5. The summed E-state index contributed by atoms with van der Waals surface area (Å²) >= 11 is 0. The number of hydrogen-bond donors (Lipinski definition) is 1. The minimum absolute atomic E-state index is 0.0328. The standard InChI is InChI=1S/C16H24N2O2/c1-4-11(2)15(17)16(19)18-9-5-6-12-10-13(20-3)7-8-14(12)18/h7-8,10-11,15H,4-6,9,17H2,1-3H3. The molecule has 4 heteroatoms. The van der Waals surface area contributed by atoms with Gasteiger partial charge in [-0.2, -0.15) is 0 Å². The van der Waals surface area contributed by atoms with E-state index in [2.05, 4.69) is 6.92 Å². The fourth-order valence-electron chi connectivity index (χ4n) is 2.61. The van der Waals surface area contributed by atoms with Crippen LogP contribution < -0.4 is 15.4 Å². The minimum atomic E-state index is -0.423. The molecule has 0 spiro atoms. The lowest BCUT2D eigenvalue weighted by molar-refractivity contribution is -0.120. The fraction of sp³-hybridized carbons (Fsp3) is 0.562. The molecule has 0 aliphatic carbocycles. The first-order chi connectivity index (χ1) is 9.58. The predicted molar refractivity (Wildman–Crippen MR) is 81.1 cm³/mol. The topological polar surface area (TPSA) is 55.6 Å². The fourth-order valence-corrected chi connectivity index (χ4v) is 2.61. The maximum atomic E-state index is 12.6. The molecule has 0 fully saturated rings. The van der Waals surface area contributed by atoms with E-state index >= 15 is 0 Å². The van der Waals surface area contributed by atoms with E-state index in [4.69, 9.17) is 10.5 Å². The van der Waals surface area contributed by atoms with Crippen LogP contribution in [0, 0.1) is 5.92 Å². The summed E-state index contributed by atoms with van der Waals surface area (Å²) in [6.07, 6.45) is 2.87. The Labute approximate surface area is 120 Å². The summed E-state index contributed by atoms with van der Waals surface area (Å²) in [5.41, 5.74) is 8.25. The number of ether oxygens (including phenoxy) is 1. The highest BCUT2D eigenvalue weighted by molar-refractivity contribution is 5.98. The predicted octanol–water partition coefficient (Wildman–Crippen LogP) is 2.35. The third-order valence-electron chi connectivity index (χ3n) is 4.21. The molecule has 2 atom stereocenters. The van der Waals surface area contributed by atoms with Gasteiger partial charge in [-0.3, -0.25) is 4.79 Å². The van der Waals surface area contributed by atoms with Crippen LogP contribution in [0.25, 0.3) is 0 Å². The maximum Gasteiger partial charge on any atom is 0.244 e. The number of methoxy groups -OCH3 is 1. The van der Waals surface area contributed by atoms with Crippen molar-refractivity contribution in [3.05, 3.63) is 23.8 Å². The van der Waals surface area contributed by atoms with Gasteiger partial charge in [0.1, 0.15) is 5.75 Å². The monoisotopic (exact) mass is 276 g/mol. The number of nitrogens with two attached hydrogens (primary N) is 1. The number of carbonyl (C=O) groups excluding carboxylic acids is 1. The molecule has 2 unspecified atom stereocenters. The van der Waals surface area contributed by atoms with Crippen LogP contribution in [0.3, 0.4) is 0 Å². The van der Waals surface area contributed by atoms with E-state index in [0.29, 0.717) is 0 Å². The first-order valence-corrected chi connectivity index (χ1v) is 7.32. The van der Waals surface area contributed by atoms with Crippen molar-refractivity contribution in [2.24, 2.45) is 11.7 Å². The molecule has 20 heavy (non-hydrogen) atoms. The number of amides is 1. The molecule has 0 saturated carbocycles. The van der Waals surface area contributed by atoms with E-state index < -0.39 is 6.04 Å². The van der Waals surface area contributed by atoms with Crippen LogP contribution in [-0.2, 0) is 11.2 Å². The van der Waals surface area contributed by atoms with Crippen LogP contribution in [0.5, 0.6) is 5.75 Å². The maximum absolute atomic E-state index is 12.6. The number of nitrogens with zero attached hydrogens (tertiary/aromatic N) is 1. The van der Waals surface area contributed by atoms with Gasteiger partial charge < -0.3 is 15.4 Å². The molecule has 2 rings (SSSR count). The van der Waals surface area contributed by atoms with Crippen molar-refractivity contribution in [2.45, 2.75) is 39.2 Å². The minimum Gasteiger partial charge on any atom is -0.497 e. The van der Waals surface area contributed by atoms with Gasteiger partial charge in [0.15, 0.2) is 0 Å². The van der Waals surface area contributed by atoms with E-state index in [1.165, 1.54) is 5.56 Å². The van der Waals surface area contributed by atoms with Crippen molar-refractivity contribution in [3.63, 3.8) is 0 Å². The smallest absolute Gasteiger partial charge is 0.244 e. The van der Waals surface area contributed by atoms with E-state index in [1.807, 2.05) is 30.0 Å². The zero-order valence-corrected chi connectivity index (χ0v) is 12.6. The Morgan fingerprint density at radius 2 is 2.25 bits per heavy atom. The van der Waals surface area contributed by atoms with Crippen LogP contribution in [-0.4, -0.2) is 25.6 Å². The van der Waals surface area contributed by atoms with E-state index in [1.54, 1.807) is 7.11 Å². The van der Waals surface area contributed by atoms with Crippen LogP contribution >= 0.6 is 0 Å². The molecule has 1 aliphatic heterocycles. The summed E-state index contributed by atoms with van der Waals surface area (Å²) in [6, 6.07) is 5.46. The third kappa shape index (κ3) is 2.80. The number of hydrogen-bond acceptors (Lipinski definition) is 3. The van der Waals surface area contributed by atoms with E-state index in [-0.39, 0.29) is 11.8 Å². The number of fused-ring (bicyclic) bond motifs is 1. The Hall–Kier alpha value is -1.55. The van der Waals surface area contributed by atoms with Crippen molar-refractivity contribution in [1.29, 1.82) is 0 Å². The molecule has 2 N–H and O–H groups in total. The van der Waals surface area contributed by atoms with Gasteiger partial charge in [-0.15, -0.1) is 0 Å². The van der Waals surface area contributed by atoms with Gasteiger partial charge in [-0.1, -0.05) is 20.3 Å². The molecular formula is C16H24N2O2. The molecule has 1 amide bonds. The Bertz CT molecular complexity index is 487. The highest BCUT2D eigenvalue weighted by Crippen LogP contribution is 2.31. The van der Waals surface area contributed by atoms with Gasteiger partial charge >= 0.3 is 0 Å². The molecule has 4 nitrogen and oxygen atoms in total. The van der Waals surface area contributed by atoms with Gasteiger partial charge in [0.2, 0.25) is 5.91 Å². The summed E-state index contributed by atoms with van der Waals surface area (Å²) in [6.45, 7) is 4.84. The van der Waals surface area contributed by atoms with Crippen LogP contribution in [0.15, 0.2) is 18.2 Å². The lowest BCUT2D eigenvalue weighted by Gasteiger charge is -2.33. The van der Waals surface area contributed by atoms with E-state index in [0.717, 1.165) is 37.2 Å². The average molecular weight is 276 g/mol. The zero-order valence-electron chi connectivity index (χ0n) is 12.6. The van der Waals surface area contributed by atoms with Crippen molar-refractivity contribution >= 4 is 11.6 Å². The second-order valence-corrected chi connectivity index (χ2v) is 5.50. The SMILES string of the molecule is CCC(C)C(N)C(=O)N1CCCc2cc(OC)ccc21. The molecule has 1 aromatic carbocycles. The summed E-state index contributed by atoms with van der Waals surface area (Å²) in [7, 11) is 1.66.